The van der Waals surface area contributed by atoms with Gasteiger partial charge in [0.25, 0.3) is 0 Å². The van der Waals surface area contributed by atoms with Gasteiger partial charge in [0.2, 0.25) is 5.91 Å². The Bertz CT molecular complexity index is 626. The molecule has 0 saturated heterocycles. The molecule has 5 nitrogen and oxygen atoms in total. The number of benzene rings is 1. The van der Waals surface area contributed by atoms with Gasteiger partial charge in [-0.2, -0.15) is 5.10 Å². The van der Waals surface area contributed by atoms with Crippen molar-refractivity contribution in [2.45, 2.75) is 19.5 Å². The lowest BCUT2D eigenvalue weighted by molar-refractivity contribution is -0.113. The van der Waals surface area contributed by atoms with Crippen LogP contribution in [0.25, 0.3) is 0 Å². The number of nitrogens with one attached hydrogen (secondary N) is 2. The van der Waals surface area contributed by atoms with E-state index in [1.54, 1.807) is 0 Å². The van der Waals surface area contributed by atoms with E-state index in [2.05, 4.69) is 44.7 Å². The van der Waals surface area contributed by atoms with Crippen LogP contribution >= 0.6 is 11.6 Å². The highest BCUT2D eigenvalue weighted by Crippen LogP contribution is 2.24. The Morgan fingerprint density at radius 1 is 1.38 bits per heavy atom. The Labute approximate surface area is 128 Å². The predicted octanol–water partition coefficient (Wildman–Crippen LogP) is 2.15. The molecule has 0 bridgehead atoms. The van der Waals surface area contributed by atoms with Gasteiger partial charge < -0.3 is 5.32 Å². The van der Waals surface area contributed by atoms with Crippen molar-refractivity contribution in [2.24, 2.45) is 0 Å². The van der Waals surface area contributed by atoms with Gasteiger partial charge in [0.05, 0.1) is 5.69 Å². The summed E-state index contributed by atoms with van der Waals surface area (Å²) in [6.45, 7) is 2.68. The van der Waals surface area contributed by atoms with Crippen LogP contribution in [-0.2, 0) is 24.3 Å². The van der Waals surface area contributed by atoms with Crippen molar-refractivity contribution in [3.8, 4) is 0 Å². The van der Waals surface area contributed by atoms with E-state index in [0.717, 1.165) is 37.3 Å². The number of hydrogen-bond donors (Lipinski definition) is 2. The van der Waals surface area contributed by atoms with Gasteiger partial charge in [-0.15, -0.1) is 11.6 Å². The minimum atomic E-state index is -0.224. The second-order valence-corrected chi connectivity index (χ2v) is 5.42. The van der Waals surface area contributed by atoms with Crippen molar-refractivity contribution >= 4 is 23.3 Å². The van der Waals surface area contributed by atoms with Crippen LogP contribution in [0.3, 0.4) is 0 Å². The van der Waals surface area contributed by atoms with Gasteiger partial charge in [-0.3, -0.25) is 14.8 Å². The summed E-state index contributed by atoms with van der Waals surface area (Å²) >= 11 is 5.51. The summed E-state index contributed by atoms with van der Waals surface area (Å²) in [5.41, 5.74) is 3.47. The number of aromatic nitrogens is 2. The third-order valence-corrected chi connectivity index (χ3v) is 3.88. The fourth-order valence-electron chi connectivity index (χ4n) is 2.62. The average Bonchev–Trinajstić information content (AvgIpc) is 2.90. The standard InChI is InChI=1S/C15H17ClN4O/c16-8-14(21)17-15-12-6-7-20(10-13(12)18-19-15)9-11-4-2-1-3-5-11/h1-5H,6-10H2,(H2,17,18,19,21). The monoisotopic (exact) mass is 304 g/mol. The van der Waals surface area contributed by atoms with Crippen LogP contribution in [0.15, 0.2) is 30.3 Å². The second kappa shape index (κ2) is 6.28. The maximum Gasteiger partial charge on any atom is 0.240 e. The van der Waals surface area contributed by atoms with E-state index >= 15 is 0 Å². The van der Waals surface area contributed by atoms with E-state index in [-0.39, 0.29) is 11.8 Å². The molecule has 0 aliphatic carbocycles. The Hall–Kier alpha value is -1.85. The quantitative estimate of drug-likeness (QED) is 0.851. The first kappa shape index (κ1) is 14.1. The number of nitrogens with zero attached hydrogens (tertiary/aromatic N) is 2. The SMILES string of the molecule is O=C(CCl)Nc1n[nH]c2c1CCN(Cc1ccccc1)C2. The highest BCUT2D eigenvalue weighted by Gasteiger charge is 2.22. The first-order valence-electron chi connectivity index (χ1n) is 6.94. The molecule has 2 aromatic rings. The topological polar surface area (TPSA) is 61.0 Å². The van der Waals surface area contributed by atoms with Crippen LogP contribution in [0.2, 0.25) is 0 Å². The van der Waals surface area contributed by atoms with E-state index in [1.807, 2.05) is 6.07 Å². The van der Waals surface area contributed by atoms with Crippen LogP contribution in [0.4, 0.5) is 5.82 Å². The maximum absolute atomic E-state index is 11.4. The summed E-state index contributed by atoms with van der Waals surface area (Å²) < 4.78 is 0. The van der Waals surface area contributed by atoms with Crippen LogP contribution in [0.1, 0.15) is 16.8 Å². The Kier molecular flexibility index (Phi) is 4.22. The molecule has 1 amide bonds. The lowest BCUT2D eigenvalue weighted by Crippen LogP contribution is -2.30. The van der Waals surface area contributed by atoms with Gasteiger partial charge in [0.1, 0.15) is 5.88 Å². The molecule has 110 valence electrons. The predicted molar refractivity (Wildman–Crippen MR) is 82.2 cm³/mol. The van der Waals surface area contributed by atoms with Crippen molar-refractivity contribution in [1.82, 2.24) is 15.1 Å². The fraction of sp³-hybridized carbons (Fsp3) is 0.333. The Morgan fingerprint density at radius 2 is 2.19 bits per heavy atom. The minimum Gasteiger partial charge on any atom is -0.308 e. The molecule has 0 fully saturated rings. The molecule has 2 N–H and O–H groups in total. The van der Waals surface area contributed by atoms with E-state index in [1.165, 1.54) is 5.56 Å². The van der Waals surface area contributed by atoms with Gasteiger partial charge in [0, 0.05) is 25.2 Å². The van der Waals surface area contributed by atoms with Crippen molar-refractivity contribution in [3.05, 3.63) is 47.2 Å². The third-order valence-electron chi connectivity index (χ3n) is 3.64. The molecular formula is C15H17ClN4O. The number of anilines is 1. The summed E-state index contributed by atoms with van der Waals surface area (Å²) in [7, 11) is 0. The zero-order valence-corrected chi connectivity index (χ0v) is 12.4. The molecular weight excluding hydrogens is 288 g/mol. The third kappa shape index (κ3) is 3.25. The minimum absolute atomic E-state index is 0.0538. The highest BCUT2D eigenvalue weighted by atomic mass is 35.5. The zero-order chi connectivity index (χ0) is 14.7. The number of halogens is 1. The number of amides is 1. The van der Waals surface area contributed by atoms with Gasteiger partial charge in [0.15, 0.2) is 5.82 Å². The molecule has 1 aromatic heterocycles. The van der Waals surface area contributed by atoms with Crippen LogP contribution in [-0.4, -0.2) is 33.4 Å². The molecule has 0 atom stereocenters. The first-order chi connectivity index (χ1) is 10.3. The van der Waals surface area contributed by atoms with Crippen LogP contribution < -0.4 is 5.32 Å². The number of carbonyl (C=O) groups excluding carboxylic acids is 1. The van der Waals surface area contributed by atoms with E-state index < -0.39 is 0 Å². The molecule has 3 rings (SSSR count). The number of aromatic amines is 1. The molecule has 1 aliphatic heterocycles. The first-order valence-corrected chi connectivity index (χ1v) is 7.48. The highest BCUT2D eigenvalue weighted by molar-refractivity contribution is 6.29. The normalized spacial score (nSPS) is 14.7. The smallest absolute Gasteiger partial charge is 0.240 e. The van der Waals surface area contributed by atoms with E-state index in [0.29, 0.717) is 5.82 Å². The molecule has 0 spiro atoms. The van der Waals surface area contributed by atoms with Crippen LogP contribution in [0, 0.1) is 0 Å². The molecule has 21 heavy (non-hydrogen) atoms. The number of carbonyl (C=O) groups is 1. The fourth-order valence-corrected chi connectivity index (χ4v) is 2.69. The largest absolute Gasteiger partial charge is 0.308 e. The zero-order valence-electron chi connectivity index (χ0n) is 11.6. The number of H-pyrrole nitrogens is 1. The molecule has 0 saturated carbocycles. The van der Waals surface area contributed by atoms with Crippen molar-refractivity contribution in [1.29, 1.82) is 0 Å². The van der Waals surface area contributed by atoms with Gasteiger partial charge >= 0.3 is 0 Å². The van der Waals surface area contributed by atoms with Gasteiger partial charge in [-0.05, 0) is 12.0 Å². The number of rotatable bonds is 4. The van der Waals surface area contributed by atoms with Gasteiger partial charge in [-0.25, -0.2) is 0 Å². The number of alkyl halides is 1. The Balaban J connectivity index is 1.68. The van der Waals surface area contributed by atoms with Crippen molar-refractivity contribution < 1.29 is 4.79 Å². The summed E-state index contributed by atoms with van der Waals surface area (Å²) in [5, 5.41) is 9.94. The lowest BCUT2D eigenvalue weighted by Gasteiger charge is -2.26. The summed E-state index contributed by atoms with van der Waals surface area (Å²) in [5.74, 6) is 0.342. The lowest BCUT2D eigenvalue weighted by atomic mass is 10.1. The van der Waals surface area contributed by atoms with Crippen LogP contribution in [0.5, 0.6) is 0 Å². The summed E-state index contributed by atoms with van der Waals surface area (Å²) in [6, 6.07) is 10.4. The maximum atomic E-state index is 11.4. The molecule has 6 heteroatoms. The molecule has 1 aliphatic rings. The average molecular weight is 305 g/mol. The summed E-state index contributed by atoms with van der Waals surface area (Å²) in [6.07, 6.45) is 0.872. The van der Waals surface area contributed by atoms with Gasteiger partial charge in [-0.1, -0.05) is 30.3 Å². The van der Waals surface area contributed by atoms with Crippen molar-refractivity contribution in [3.63, 3.8) is 0 Å². The Morgan fingerprint density at radius 3 is 2.95 bits per heavy atom. The second-order valence-electron chi connectivity index (χ2n) is 5.16. The molecule has 2 heterocycles. The van der Waals surface area contributed by atoms with E-state index in [4.69, 9.17) is 11.6 Å². The number of hydrogen-bond acceptors (Lipinski definition) is 3. The van der Waals surface area contributed by atoms with Crippen molar-refractivity contribution in [2.75, 3.05) is 17.7 Å². The number of fused-ring (bicyclic) bond motifs is 1. The van der Waals surface area contributed by atoms with E-state index in [9.17, 15) is 4.79 Å². The molecule has 1 aromatic carbocycles. The molecule has 0 unspecified atom stereocenters. The summed E-state index contributed by atoms with van der Waals surface area (Å²) in [4.78, 5) is 13.7. The molecule has 0 radical (unpaired) electrons.